The van der Waals surface area contributed by atoms with Crippen LogP contribution in [0.15, 0.2) is 10.5 Å². The molecule has 0 saturated carbocycles. The van der Waals surface area contributed by atoms with Crippen LogP contribution < -0.4 is 10.1 Å². The number of ether oxygens (including phenoxy) is 1. The maximum Gasteiger partial charge on any atom is 0.198 e. The van der Waals surface area contributed by atoms with Gasteiger partial charge < -0.3 is 15.2 Å². The monoisotopic (exact) mass is 303 g/mol. The first-order valence-electron chi connectivity index (χ1n) is 5.60. The number of hydrogen-bond donors (Lipinski definition) is 2. The molecule has 94 valence electrons. The highest BCUT2D eigenvalue weighted by molar-refractivity contribution is 9.10. The van der Waals surface area contributed by atoms with E-state index in [0.29, 0.717) is 4.47 Å². The van der Waals surface area contributed by atoms with Crippen molar-refractivity contribution in [1.29, 1.82) is 0 Å². The van der Waals surface area contributed by atoms with E-state index in [0.717, 1.165) is 31.5 Å². The van der Waals surface area contributed by atoms with Crippen LogP contribution in [0.25, 0.3) is 0 Å². The summed E-state index contributed by atoms with van der Waals surface area (Å²) in [4.78, 5) is 0. The van der Waals surface area contributed by atoms with Crippen molar-refractivity contribution in [3.8, 4) is 11.5 Å². The maximum atomic E-state index is 13.7. The molecular formula is C12H15BrFNO2. The smallest absolute Gasteiger partial charge is 0.198 e. The van der Waals surface area contributed by atoms with Crippen LogP contribution in [-0.2, 0) is 0 Å². The van der Waals surface area contributed by atoms with Gasteiger partial charge in [-0.2, -0.15) is 0 Å². The molecule has 1 aromatic rings. The minimum atomic E-state index is -0.553. The summed E-state index contributed by atoms with van der Waals surface area (Å²) in [6.45, 7) is 1.84. The zero-order valence-electron chi connectivity index (χ0n) is 9.59. The maximum absolute atomic E-state index is 13.7. The quantitative estimate of drug-likeness (QED) is 0.883. The van der Waals surface area contributed by atoms with E-state index in [4.69, 9.17) is 4.74 Å². The van der Waals surface area contributed by atoms with E-state index in [2.05, 4.69) is 21.2 Å². The molecule has 0 aromatic heterocycles. The molecule has 1 aliphatic heterocycles. The predicted octanol–water partition coefficient (Wildman–Crippen LogP) is 2.77. The van der Waals surface area contributed by atoms with Crippen LogP contribution in [0.4, 0.5) is 4.39 Å². The number of aromatic hydroxyl groups is 1. The number of nitrogens with one attached hydrogen (secondary N) is 1. The Morgan fingerprint density at radius 2 is 2.12 bits per heavy atom. The highest BCUT2D eigenvalue weighted by atomic mass is 79.9. The summed E-state index contributed by atoms with van der Waals surface area (Å²) < 4.78 is 18.9. The number of benzene rings is 1. The molecule has 1 saturated heterocycles. The number of piperidine rings is 1. The van der Waals surface area contributed by atoms with Crippen LogP contribution in [-0.4, -0.2) is 25.3 Å². The van der Waals surface area contributed by atoms with Crippen molar-refractivity contribution in [3.63, 3.8) is 0 Å². The summed E-state index contributed by atoms with van der Waals surface area (Å²) >= 11 is 3.16. The van der Waals surface area contributed by atoms with Gasteiger partial charge in [0.25, 0.3) is 0 Å². The number of hydrogen-bond acceptors (Lipinski definition) is 3. The average molecular weight is 304 g/mol. The second-order valence-electron chi connectivity index (χ2n) is 4.17. The van der Waals surface area contributed by atoms with E-state index >= 15 is 0 Å². The van der Waals surface area contributed by atoms with Gasteiger partial charge in [-0.1, -0.05) is 0 Å². The van der Waals surface area contributed by atoms with Crippen LogP contribution in [0.1, 0.15) is 24.3 Å². The summed E-state index contributed by atoms with van der Waals surface area (Å²) in [5, 5.41) is 13.3. The SMILES string of the molecule is COc1c(O)c(C2CCNCC2)cc(Br)c1F. The minimum Gasteiger partial charge on any atom is -0.504 e. The molecule has 3 nitrogen and oxygen atoms in total. The number of halogens is 2. The average Bonchev–Trinajstić information content (AvgIpc) is 2.36. The molecule has 5 heteroatoms. The van der Waals surface area contributed by atoms with Crippen LogP contribution >= 0.6 is 15.9 Å². The summed E-state index contributed by atoms with van der Waals surface area (Å²) in [6, 6.07) is 1.66. The Balaban J connectivity index is 2.42. The fraction of sp³-hybridized carbons (Fsp3) is 0.500. The van der Waals surface area contributed by atoms with Crippen molar-refractivity contribution < 1.29 is 14.2 Å². The Morgan fingerprint density at radius 3 is 2.71 bits per heavy atom. The molecule has 17 heavy (non-hydrogen) atoms. The third-order valence-corrected chi connectivity index (χ3v) is 3.74. The lowest BCUT2D eigenvalue weighted by Crippen LogP contribution is -2.26. The van der Waals surface area contributed by atoms with Crippen molar-refractivity contribution in [2.45, 2.75) is 18.8 Å². The van der Waals surface area contributed by atoms with Crippen molar-refractivity contribution in [2.75, 3.05) is 20.2 Å². The van der Waals surface area contributed by atoms with Crippen molar-refractivity contribution in [3.05, 3.63) is 21.9 Å². The molecule has 2 N–H and O–H groups in total. The molecule has 0 unspecified atom stereocenters. The van der Waals surface area contributed by atoms with Gasteiger partial charge in [-0.05, 0) is 53.8 Å². The zero-order valence-corrected chi connectivity index (χ0v) is 11.2. The standard InChI is InChI=1S/C12H15BrFNO2/c1-17-12-10(14)9(13)6-8(11(12)16)7-2-4-15-5-3-7/h6-7,15-16H,2-5H2,1H3. The minimum absolute atomic E-state index is 0.0694. The molecule has 1 aliphatic rings. The lowest BCUT2D eigenvalue weighted by atomic mass is 9.89. The van der Waals surface area contributed by atoms with Crippen LogP contribution in [0, 0.1) is 5.82 Å². The normalized spacial score (nSPS) is 17.1. The van der Waals surface area contributed by atoms with Crippen molar-refractivity contribution in [1.82, 2.24) is 5.32 Å². The Labute approximate surface area is 108 Å². The van der Waals surface area contributed by atoms with Gasteiger partial charge in [0.15, 0.2) is 17.3 Å². The van der Waals surface area contributed by atoms with Crippen LogP contribution in [0.5, 0.6) is 11.5 Å². The molecule has 0 aliphatic carbocycles. The third kappa shape index (κ3) is 2.40. The van der Waals surface area contributed by atoms with Gasteiger partial charge in [-0.3, -0.25) is 0 Å². The van der Waals surface area contributed by atoms with E-state index in [1.165, 1.54) is 7.11 Å². The molecule has 0 radical (unpaired) electrons. The van der Waals surface area contributed by atoms with Gasteiger partial charge in [0.1, 0.15) is 0 Å². The predicted molar refractivity (Wildman–Crippen MR) is 67.2 cm³/mol. The number of phenolic OH excluding ortho intramolecular Hbond substituents is 1. The molecule has 1 fully saturated rings. The van der Waals surface area contributed by atoms with E-state index in [-0.39, 0.29) is 17.4 Å². The molecule has 1 heterocycles. The first-order chi connectivity index (χ1) is 8.15. The number of rotatable bonds is 2. The molecule has 2 rings (SSSR count). The highest BCUT2D eigenvalue weighted by Crippen LogP contribution is 2.42. The number of phenols is 1. The Bertz CT molecular complexity index is 419. The second kappa shape index (κ2) is 5.23. The first-order valence-corrected chi connectivity index (χ1v) is 6.40. The summed E-state index contributed by atoms with van der Waals surface area (Å²) in [5.74, 6) is -0.447. The fourth-order valence-corrected chi connectivity index (χ4v) is 2.67. The molecule has 1 aromatic carbocycles. The van der Waals surface area contributed by atoms with Gasteiger partial charge in [0.2, 0.25) is 0 Å². The molecule has 0 spiro atoms. The topological polar surface area (TPSA) is 41.5 Å². The van der Waals surface area contributed by atoms with E-state index in [9.17, 15) is 9.50 Å². The van der Waals surface area contributed by atoms with E-state index in [1.54, 1.807) is 6.07 Å². The lowest BCUT2D eigenvalue weighted by molar-refractivity contribution is 0.342. The van der Waals surface area contributed by atoms with Gasteiger partial charge >= 0.3 is 0 Å². The van der Waals surface area contributed by atoms with Gasteiger partial charge in [0, 0.05) is 5.56 Å². The van der Waals surface area contributed by atoms with E-state index in [1.807, 2.05) is 0 Å². The van der Waals surface area contributed by atoms with Gasteiger partial charge in [-0.15, -0.1) is 0 Å². The van der Waals surface area contributed by atoms with Gasteiger partial charge in [0.05, 0.1) is 11.6 Å². The summed E-state index contributed by atoms with van der Waals surface area (Å²) in [5.41, 5.74) is 0.761. The zero-order chi connectivity index (χ0) is 12.4. The molecule has 0 bridgehead atoms. The summed E-state index contributed by atoms with van der Waals surface area (Å²) in [6.07, 6.45) is 1.88. The Kier molecular flexibility index (Phi) is 3.89. The van der Waals surface area contributed by atoms with Crippen molar-refractivity contribution in [2.24, 2.45) is 0 Å². The van der Waals surface area contributed by atoms with Gasteiger partial charge in [-0.25, -0.2) is 4.39 Å². The van der Waals surface area contributed by atoms with E-state index < -0.39 is 5.82 Å². The Morgan fingerprint density at radius 1 is 1.47 bits per heavy atom. The second-order valence-corrected chi connectivity index (χ2v) is 5.02. The molecular weight excluding hydrogens is 289 g/mol. The molecule has 0 amide bonds. The Hall–Kier alpha value is -0.810. The first kappa shape index (κ1) is 12.6. The van der Waals surface area contributed by atoms with Crippen molar-refractivity contribution >= 4 is 15.9 Å². The summed E-state index contributed by atoms with van der Waals surface area (Å²) in [7, 11) is 1.36. The third-order valence-electron chi connectivity index (χ3n) is 3.16. The number of methoxy groups -OCH3 is 1. The fourth-order valence-electron chi connectivity index (χ4n) is 2.24. The highest BCUT2D eigenvalue weighted by Gasteiger charge is 2.24. The largest absolute Gasteiger partial charge is 0.504 e. The van der Waals surface area contributed by atoms with Crippen LogP contribution in [0.3, 0.4) is 0 Å². The lowest BCUT2D eigenvalue weighted by Gasteiger charge is -2.24. The van der Waals surface area contributed by atoms with Crippen LogP contribution in [0.2, 0.25) is 0 Å². The molecule has 0 atom stereocenters.